The summed E-state index contributed by atoms with van der Waals surface area (Å²) in [5.41, 5.74) is 1.11. The van der Waals surface area contributed by atoms with Gasteiger partial charge in [0.05, 0.1) is 26.2 Å². The number of carbonyl (C=O) groups is 2. The van der Waals surface area contributed by atoms with Gasteiger partial charge in [-0.1, -0.05) is 0 Å². The second-order valence-corrected chi connectivity index (χ2v) is 21.0. The molecule has 0 aromatic carbocycles. The summed E-state index contributed by atoms with van der Waals surface area (Å²) in [6, 6.07) is 10.4. The lowest BCUT2D eigenvalue weighted by Gasteiger charge is -2.33. The van der Waals surface area contributed by atoms with E-state index in [1.165, 1.54) is 12.4 Å². The van der Waals surface area contributed by atoms with Crippen LogP contribution in [0.1, 0.15) is 11.4 Å². The lowest BCUT2D eigenvalue weighted by molar-refractivity contribution is -0.615. The third-order valence-corrected chi connectivity index (χ3v) is 12.9. The van der Waals surface area contributed by atoms with Crippen LogP contribution in [0.5, 0.6) is 0 Å². The Morgan fingerprint density at radius 3 is 1.30 bits per heavy atom. The lowest BCUT2D eigenvalue weighted by atomic mass is 10.2. The average molecular weight is 777 g/mol. The van der Waals surface area contributed by atoms with E-state index in [1.807, 2.05) is 9.80 Å². The SMILES string of the molecule is CS(=O)(=O)SCCNC(=O)CN1CCN(Cc2cccc[n+]2[O-])CCN(CC(=O)NCCSS(C)(=O)=O)CCN(Cc2cccc[n+]2[O-])CC1. The van der Waals surface area contributed by atoms with Crippen LogP contribution in [0.4, 0.5) is 0 Å². The number of carbonyl (C=O) groups excluding carboxylic acids is 2. The number of nitrogens with zero attached hydrogens (tertiary/aromatic N) is 6. The Balaban J connectivity index is 1.77. The van der Waals surface area contributed by atoms with Gasteiger partial charge >= 0.3 is 0 Å². The number of aromatic nitrogens is 2. The molecule has 1 saturated heterocycles. The highest BCUT2D eigenvalue weighted by Gasteiger charge is 2.22. The summed E-state index contributed by atoms with van der Waals surface area (Å²) in [5.74, 6) is -0.00730. The van der Waals surface area contributed by atoms with E-state index in [9.17, 15) is 36.8 Å². The minimum Gasteiger partial charge on any atom is -0.618 e. The van der Waals surface area contributed by atoms with Gasteiger partial charge in [-0.15, -0.1) is 0 Å². The first-order valence-corrected chi connectivity index (χ1v) is 22.9. The normalized spacial score (nSPS) is 16.7. The smallest absolute Gasteiger partial charge is 0.234 e. The molecule has 2 amide bonds. The van der Waals surface area contributed by atoms with Gasteiger partial charge < -0.3 is 21.0 Å². The molecule has 0 bridgehead atoms. The minimum atomic E-state index is -3.21. The van der Waals surface area contributed by atoms with Gasteiger partial charge in [-0.05, 0) is 33.7 Å². The van der Waals surface area contributed by atoms with Crippen LogP contribution < -0.4 is 20.1 Å². The maximum Gasteiger partial charge on any atom is 0.234 e. The molecule has 2 N–H and O–H groups in total. The summed E-state index contributed by atoms with van der Waals surface area (Å²) in [6.07, 6.45) is 5.13. The van der Waals surface area contributed by atoms with E-state index in [-0.39, 0.29) is 49.5 Å². The summed E-state index contributed by atoms with van der Waals surface area (Å²) >= 11 is 0. The van der Waals surface area contributed by atoms with Gasteiger partial charge in [0.25, 0.3) is 0 Å². The van der Waals surface area contributed by atoms with E-state index in [1.54, 1.807) is 36.4 Å². The predicted molar refractivity (Wildman–Crippen MR) is 195 cm³/mol. The van der Waals surface area contributed by atoms with E-state index in [4.69, 9.17) is 0 Å². The number of hydrogen-bond donors (Lipinski definition) is 2. The Hall–Kier alpha value is -2.72. The van der Waals surface area contributed by atoms with Gasteiger partial charge in [0.1, 0.15) is 0 Å². The third-order valence-electron chi connectivity index (χ3n) is 7.69. The van der Waals surface area contributed by atoms with Gasteiger partial charge in [-0.2, -0.15) is 9.46 Å². The molecule has 1 aliphatic rings. The molecule has 3 rings (SSSR count). The Morgan fingerprint density at radius 1 is 0.640 bits per heavy atom. The Morgan fingerprint density at radius 2 is 0.980 bits per heavy atom. The molecular weight excluding hydrogens is 729 g/mol. The minimum absolute atomic E-state index is 0.0783. The van der Waals surface area contributed by atoms with Crippen LogP contribution >= 0.6 is 21.6 Å². The third kappa shape index (κ3) is 17.5. The molecule has 0 spiro atoms. The summed E-state index contributed by atoms with van der Waals surface area (Å²) in [6.45, 7) is 5.22. The second kappa shape index (κ2) is 21.0. The van der Waals surface area contributed by atoms with Gasteiger partial charge in [-0.25, -0.2) is 16.8 Å². The van der Waals surface area contributed by atoms with Crippen molar-refractivity contribution >= 4 is 51.1 Å². The van der Waals surface area contributed by atoms with E-state index in [0.29, 0.717) is 76.8 Å². The molecule has 280 valence electrons. The summed E-state index contributed by atoms with van der Waals surface area (Å²) in [7, 11) is -4.88. The highest BCUT2D eigenvalue weighted by molar-refractivity contribution is 8.72. The molecule has 50 heavy (non-hydrogen) atoms. The van der Waals surface area contributed by atoms with Crippen LogP contribution in [-0.4, -0.2) is 151 Å². The molecule has 20 heteroatoms. The first kappa shape index (κ1) is 41.7. The van der Waals surface area contributed by atoms with Crippen molar-refractivity contribution in [3.8, 4) is 0 Å². The average Bonchev–Trinajstić information content (AvgIpc) is 3.03. The molecule has 2 aromatic rings. The van der Waals surface area contributed by atoms with Crippen molar-refractivity contribution in [1.29, 1.82) is 0 Å². The fourth-order valence-corrected chi connectivity index (χ4v) is 8.42. The molecule has 16 nitrogen and oxygen atoms in total. The van der Waals surface area contributed by atoms with Crippen LogP contribution in [0.15, 0.2) is 48.8 Å². The maximum atomic E-state index is 12.9. The maximum absolute atomic E-state index is 12.9. The number of pyridine rings is 2. The van der Waals surface area contributed by atoms with Crippen molar-refractivity contribution in [2.24, 2.45) is 0 Å². The van der Waals surface area contributed by atoms with Gasteiger partial charge in [0.15, 0.2) is 30.1 Å². The van der Waals surface area contributed by atoms with Crippen molar-refractivity contribution in [1.82, 2.24) is 30.2 Å². The molecule has 0 radical (unpaired) electrons. The molecule has 3 heterocycles. The predicted octanol–water partition coefficient (Wildman–Crippen LogP) is -1.51. The van der Waals surface area contributed by atoms with Gasteiger partial charge in [-0.3, -0.25) is 29.2 Å². The fourth-order valence-electron chi connectivity index (χ4n) is 5.13. The zero-order valence-corrected chi connectivity index (χ0v) is 31.8. The van der Waals surface area contributed by atoms with Crippen LogP contribution in [0.25, 0.3) is 0 Å². The van der Waals surface area contributed by atoms with Crippen LogP contribution in [0.2, 0.25) is 0 Å². The Kier molecular flexibility index (Phi) is 17.5. The molecule has 0 atom stereocenters. The van der Waals surface area contributed by atoms with E-state index in [0.717, 1.165) is 43.6 Å². The molecule has 0 saturated carbocycles. The van der Waals surface area contributed by atoms with Crippen LogP contribution in [-0.2, 0) is 40.4 Å². The van der Waals surface area contributed by atoms with Crippen LogP contribution in [0.3, 0.4) is 0 Å². The number of rotatable bonds is 16. The topological polar surface area (TPSA) is 193 Å². The van der Waals surface area contributed by atoms with Gasteiger partial charge in [0.2, 0.25) is 23.2 Å². The van der Waals surface area contributed by atoms with Gasteiger partial charge in [0, 0.05) is 114 Å². The summed E-state index contributed by atoms with van der Waals surface area (Å²) < 4.78 is 47.4. The number of hydrogen-bond acceptors (Lipinski definition) is 14. The van der Waals surface area contributed by atoms with E-state index >= 15 is 0 Å². The van der Waals surface area contributed by atoms with Crippen LogP contribution in [0, 0.1) is 10.4 Å². The van der Waals surface area contributed by atoms with Crippen molar-refractivity contribution in [2.45, 2.75) is 13.1 Å². The fraction of sp³-hybridized carbons (Fsp3) is 0.600. The summed E-state index contributed by atoms with van der Waals surface area (Å²) in [4.78, 5) is 34.1. The highest BCUT2D eigenvalue weighted by Crippen LogP contribution is 2.09. The zero-order valence-electron chi connectivity index (χ0n) is 28.5. The standard InChI is InChI=1S/C30H48N8O8S4/c1-49(43,44)47-21-9-31-29(39)25-35-17-13-33(23-27-7-3-5-11-37(27)41)15-19-36(26-30(40)32-10-22-48-50(2,45)46)20-16-34(14-18-35)24-28-8-4-6-12-38(28)42/h3-8,11-12H,9-10,13-26H2,1-2H3,(H,31,39)(H,32,40). The highest BCUT2D eigenvalue weighted by atomic mass is 33.1. The quantitative estimate of drug-likeness (QED) is 0.0866. The molecular formula is C30H48N8O8S4. The molecule has 2 aromatic heterocycles. The second-order valence-electron chi connectivity index (χ2n) is 11.9. The number of nitrogens with one attached hydrogen (secondary N) is 2. The number of amides is 2. The molecule has 1 aliphatic heterocycles. The van der Waals surface area contributed by atoms with E-state index in [2.05, 4.69) is 20.4 Å². The molecule has 1 fully saturated rings. The Labute approximate surface area is 302 Å². The lowest BCUT2D eigenvalue weighted by Crippen LogP contribution is -2.50. The van der Waals surface area contributed by atoms with Crippen molar-refractivity contribution in [2.75, 3.05) is 103 Å². The van der Waals surface area contributed by atoms with Crippen molar-refractivity contribution in [3.05, 3.63) is 70.6 Å². The van der Waals surface area contributed by atoms with Crippen molar-refractivity contribution in [3.63, 3.8) is 0 Å². The Bertz CT molecular complexity index is 1470. The zero-order chi connectivity index (χ0) is 36.6. The van der Waals surface area contributed by atoms with E-state index < -0.39 is 17.7 Å². The molecule has 0 unspecified atom stereocenters. The first-order chi connectivity index (χ1) is 23.7. The monoisotopic (exact) mass is 776 g/mol. The first-order valence-electron chi connectivity index (χ1n) is 16.1. The van der Waals surface area contributed by atoms with Crippen molar-refractivity contribution < 1.29 is 35.9 Å². The summed E-state index contributed by atoms with van der Waals surface area (Å²) in [5, 5.41) is 30.7. The largest absolute Gasteiger partial charge is 0.618 e. The molecule has 0 aliphatic carbocycles.